The van der Waals surface area contributed by atoms with Gasteiger partial charge < -0.3 is 15.2 Å². The highest BCUT2D eigenvalue weighted by molar-refractivity contribution is 7.80. The first-order valence-corrected chi connectivity index (χ1v) is 10.1. The second-order valence-electron chi connectivity index (χ2n) is 6.45. The van der Waals surface area contributed by atoms with Gasteiger partial charge in [0, 0.05) is 0 Å². The zero-order chi connectivity index (χ0) is 20.0. The van der Waals surface area contributed by atoms with E-state index < -0.39 is 0 Å². The summed E-state index contributed by atoms with van der Waals surface area (Å²) in [5.41, 5.74) is 10.1. The minimum atomic E-state index is 0.137. The van der Waals surface area contributed by atoms with Gasteiger partial charge >= 0.3 is 0 Å². The Balaban J connectivity index is 1.65. The van der Waals surface area contributed by atoms with Crippen molar-refractivity contribution in [2.45, 2.75) is 39.0 Å². The zero-order valence-electron chi connectivity index (χ0n) is 16.4. The van der Waals surface area contributed by atoms with Crippen LogP contribution in [0.15, 0.2) is 53.6 Å². The Morgan fingerprint density at radius 1 is 0.964 bits per heavy atom. The van der Waals surface area contributed by atoms with Gasteiger partial charge in [-0.15, -0.1) is 0 Å². The van der Waals surface area contributed by atoms with E-state index >= 15 is 0 Å². The van der Waals surface area contributed by atoms with Crippen molar-refractivity contribution in [2.75, 3.05) is 13.2 Å². The van der Waals surface area contributed by atoms with E-state index in [9.17, 15) is 0 Å². The van der Waals surface area contributed by atoms with Crippen LogP contribution in [0.1, 0.15) is 43.7 Å². The van der Waals surface area contributed by atoms with Gasteiger partial charge in [-0.05, 0) is 72.6 Å². The second kappa shape index (κ2) is 12.7. The van der Waals surface area contributed by atoms with E-state index in [1.165, 1.54) is 31.2 Å². The number of hydrogen-bond donors (Lipinski definition) is 2. The van der Waals surface area contributed by atoms with E-state index in [1.54, 1.807) is 6.21 Å². The molecule has 2 aromatic rings. The van der Waals surface area contributed by atoms with Gasteiger partial charge in [0.15, 0.2) is 5.11 Å². The minimum Gasteiger partial charge on any atom is -0.490 e. The molecule has 0 saturated carbocycles. The van der Waals surface area contributed by atoms with Crippen LogP contribution >= 0.6 is 12.2 Å². The molecule has 0 saturated heterocycles. The highest BCUT2D eigenvalue weighted by Crippen LogP contribution is 2.15. The lowest BCUT2D eigenvalue weighted by Gasteiger charge is -2.09. The Labute approximate surface area is 172 Å². The lowest BCUT2D eigenvalue weighted by Crippen LogP contribution is -2.23. The van der Waals surface area contributed by atoms with Crippen molar-refractivity contribution in [1.82, 2.24) is 5.43 Å². The van der Waals surface area contributed by atoms with E-state index in [2.05, 4.69) is 41.8 Å². The second-order valence-corrected chi connectivity index (χ2v) is 6.89. The number of hydrazone groups is 1. The molecule has 0 fully saturated rings. The van der Waals surface area contributed by atoms with Crippen molar-refractivity contribution in [3.8, 4) is 11.5 Å². The average molecular weight is 400 g/mol. The van der Waals surface area contributed by atoms with Gasteiger partial charge in [0.2, 0.25) is 0 Å². The third-order valence-corrected chi connectivity index (χ3v) is 4.22. The van der Waals surface area contributed by atoms with E-state index in [4.69, 9.17) is 15.2 Å². The molecule has 0 spiro atoms. The molecule has 0 heterocycles. The topological polar surface area (TPSA) is 68.9 Å². The summed E-state index contributed by atoms with van der Waals surface area (Å²) in [6.45, 7) is 3.21. The van der Waals surface area contributed by atoms with Gasteiger partial charge in [-0.25, -0.2) is 0 Å². The molecule has 0 aliphatic rings. The maximum Gasteiger partial charge on any atom is 0.184 e. The zero-order valence-corrected chi connectivity index (χ0v) is 17.2. The van der Waals surface area contributed by atoms with Crippen LogP contribution in [-0.4, -0.2) is 24.5 Å². The predicted octanol–water partition coefficient (Wildman–Crippen LogP) is 4.43. The molecule has 0 bridgehead atoms. The van der Waals surface area contributed by atoms with E-state index in [0.717, 1.165) is 23.5 Å². The summed E-state index contributed by atoms with van der Waals surface area (Å²) in [7, 11) is 0. The Bertz CT molecular complexity index is 730. The molecule has 0 atom stereocenters. The van der Waals surface area contributed by atoms with Crippen molar-refractivity contribution in [3.63, 3.8) is 0 Å². The van der Waals surface area contributed by atoms with Gasteiger partial charge in [-0.2, -0.15) is 5.10 Å². The van der Waals surface area contributed by atoms with Gasteiger partial charge in [0.1, 0.15) is 24.7 Å². The molecule has 0 aromatic heterocycles. The third kappa shape index (κ3) is 8.86. The fraction of sp³-hybridized carbons (Fsp3) is 0.364. The maximum absolute atomic E-state index is 5.75. The summed E-state index contributed by atoms with van der Waals surface area (Å²) >= 11 is 4.68. The standard InChI is InChI=1S/C22H29N3O2S/c1-2-3-4-5-6-18-7-11-20(12-8-18)26-15-16-27-21-13-9-19(10-14-21)17-24-25-22(23)28/h7-14,17H,2-6,15-16H2,1H3,(H3,23,25,28)/b24-17+. The summed E-state index contributed by atoms with van der Waals surface area (Å²) in [5, 5.41) is 4.05. The van der Waals surface area contributed by atoms with Gasteiger partial charge in [-0.1, -0.05) is 38.3 Å². The fourth-order valence-corrected chi connectivity index (χ4v) is 2.70. The van der Waals surface area contributed by atoms with Gasteiger partial charge in [0.05, 0.1) is 6.21 Å². The van der Waals surface area contributed by atoms with Crippen molar-refractivity contribution in [3.05, 3.63) is 59.7 Å². The number of hydrogen-bond acceptors (Lipinski definition) is 4. The van der Waals surface area contributed by atoms with Crippen LogP contribution in [0.25, 0.3) is 0 Å². The molecule has 6 heteroatoms. The molecule has 2 rings (SSSR count). The molecule has 2 aromatic carbocycles. The summed E-state index contributed by atoms with van der Waals surface area (Å²) in [5.74, 6) is 1.66. The lowest BCUT2D eigenvalue weighted by atomic mass is 10.1. The molecule has 0 aliphatic heterocycles. The predicted molar refractivity (Wildman–Crippen MR) is 119 cm³/mol. The molecular formula is C22H29N3O2S. The average Bonchev–Trinajstić information content (AvgIpc) is 2.70. The van der Waals surface area contributed by atoms with Crippen molar-refractivity contribution < 1.29 is 9.47 Å². The van der Waals surface area contributed by atoms with Crippen molar-refractivity contribution in [1.29, 1.82) is 0 Å². The first kappa shape index (κ1) is 21.7. The lowest BCUT2D eigenvalue weighted by molar-refractivity contribution is 0.217. The normalized spacial score (nSPS) is 10.8. The van der Waals surface area contributed by atoms with Crippen LogP contribution in [0.5, 0.6) is 11.5 Å². The number of nitrogens with zero attached hydrogens (tertiary/aromatic N) is 1. The van der Waals surface area contributed by atoms with Crippen LogP contribution < -0.4 is 20.6 Å². The number of rotatable bonds is 12. The number of nitrogens with two attached hydrogens (primary N) is 1. The highest BCUT2D eigenvalue weighted by atomic mass is 32.1. The Morgan fingerprint density at radius 2 is 1.57 bits per heavy atom. The molecule has 0 unspecified atom stereocenters. The fourth-order valence-electron chi connectivity index (χ4n) is 2.65. The SMILES string of the molecule is CCCCCCc1ccc(OCCOc2ccc(/C=N/NC(N)=S)cc2)cc1. The van der Waals surface area contributed by atoms with Crippen LogP contribution in [0.4, 0.5) is 0 Å². The molecule has 150 valence electrons. The first-order chi connectivity index (χ1) is 13.7. The minimum absolute atomic E-state index is 0.137. The Hall–Kier alpha value is -2.60. The summed E-state index contributed by atoms with van der Waals surface area (Å²) in [6.07, 6.45) is 7.92. The largest absolute Gasteiger partial charge is 0.490 e. The number of nitrogens with one attached hydrogen (secondary N) is 1. The Morgan fingerprint density at radius 3 is 2.14 bits per heavy atom. The molecule has 0 aliphatic carbocycles. The number of thiocarbonyl (C=S) groups is 1. The smallest absolute Gasteiger partial charge is 0.184 e. The van der Waals surface area contributed by atoms with E-state index in [1.807, 2.05) is 36.4 Å². The molecule has 3 N–H and O–H groups in total. The summed E-state index contributed by atoms with van der Waals surface area (Å²) < 4.78 is 11.4. The first-order valence-electron chi connectivity index (χ1n) is 9.70. The number of aryl methyl sites for hydroxylation is 1. The molecule has 0 radical (unpaired) electrons. The summed E-state index contributed by atoms with van der Waals surface area (Å²) in [4.78, 5) is 0. The Kier molecular flexibility index (Phi) is 9.86. The van der Waals surface area contributed by atoms with E-state index in [-0.39, 0.29) is 5.11 Å². The van der Waals surface area contributed by atoms with Crippen LogP contribution in [0.3, 0.4) is 0 Å². The quantitative estimate of drug-likeness (QED) is 0.239. The highest BCUT2D eigenvalue weighted by Gasteiger charge is 1.98. The monoisotopic (exact) mass is 399 g/mol. The molecule has 0 amide bonds. The number of ether oxygens (including phenoxy) is 2. The molecule has 5 nitrogen and oxygen atoms in total. The third-order valence-electron chi connectivity index (χ3n) is 4.13. The van der Waals surface area contributed by atoms with Crippen LogP contribution in [0, 0.1) is 0 Å². The van der Waals surface area contributed by atoms with Crippen molar-refractivity contribution in [2.24, 2.45) is 10.8 Å². The number of unbranched alkanes of at least 4 members (excludes halogenated alkanes) is 3. The van der Waals surface area contributed by atoms with Crippen LogP contribution in [-0.2, 0) is 6.42 Å². The van der Waals surface area contributed by atoms with E-state index in [0.29, 0.717) is 13.2 Å². The van der Waals surface area contributed by atoms with Crippen LogP contribution in [0.2, 0.25) is 0 Å². The molecular weight excluding hydrogens is 370 g/mol. The van der Waals surface area contributed by atoms with Gasteiger partial charge in [-0.3, -0.25) is 5.43 Å². The summed E-state index contributed by atoms with van der Waals surface area (Å²) in [6, 6.07) is 15.9. The maximum atomic E-state index is 5.75. The number of benzene rings is 2. The van der Waals surface area contributed by atoms with Gasteiger partial charge in [0.25, 0.3) is 0 Å². The van der Waals surface area contributed by atoms with Crippen molar-refractivity contribution >= 4 is 23.5 Å². The molecule has 28 heavy (non-hydrogen) atoms.